The van der Waals surface area contributed by atoms with Crippen molar-refractivity contribution in [3.63, 3.8) is 0 Å². The zero-order valence-electron chi connectivity index (χ0n) is 18.2. The van der Waals surface area contributed by atoms with E-state index in [9.17, 15) is 43.9 Å². The smallest absolute Gasteiger partial charge is 0.429 e. The van der Waals surface area contributed by atoms with Gasteiger partial charge in [0.25, 0.3) is 0 Å². The van der Waals surface area contributed by atoms with Crippen molar-refractivity contribution in [3.05, 3.63) is 88.7 Å². The lowest BCUT2D eigenvalue weighted by Gasteiger charge is -2.22. The number of rotatable bonds is 8. The minimum Gasteiger partial charge on any atom is -0.429 e. The molecule has 0 saturated carbocycles. The lowest BCUT2D eigenvalue weighted by atomic mass is 10.0. The molecule has 0 radical (unpaired) electrons. The molecule has 194 valence electrons. The summed E-state index contributed by atoms with van der Waals surface area (Å²) in [6.07, 6.45) is -14.3. The summed E-state index contributed by atoms with van der Waals surface area (Å²) in [6.45, 7) is 1.99. The summed E-state index contributed by atoms with van der Waals surface area (Å²) in [5, 5.41) is 0. The van der Waals surface area contributed by atoms with E-state index in [2.05, 4.69) is 9.47 Å². The van der Waals surface area contributed by atoms with Gasteiger partial charge < -0.3 is 4.74 Å². The van der Waals surface area contributed by atoms with Crippen LogP contribution < -0.4 is 4.74 Å². The number of halogens is 10. The first-order valence-electron chi connectivity index (χ1n) is 10.2. The fourth-order valence-electron chi connectivity index (χ4n) is 3.37. The van der Waals surface area contributed by atoms with Crippen LogP contribution in [0.4, 0.5) is 43.9 Å². The second-order valence-corrected chi connectivity index (χ2v) is 7.59. The van der Waals surface area contributed by atoms with Gasteiger partial charge in [-0.05, 0) is 35.2 Å². The number of benzene rings is 3. The first-order chi connectivity index (χ1) is 16.6. The molecule has 0 aliphatic rings. The van der Waals surface area contributed by atoms with E-state index in [0.717, 1.165) is 30.5 Å². The van der Waals surface area contributed by atoms with Crippen LogP contribution >= 0.6 is 0 Å². The summed E-state index contributed by atoms with van der Waals surface area (Å²) >= 11 is 0. The lowest BCUT2D eigenvalue weighted by molar-refractivity contribution is -0.432. The molecule has 0 unspecified atom stereocenters. The Morgan fingerprint density at radius 3 is 1.72 bits per heavy atom. The van der Waals surface area contributed by atoms with Crippen molar-refractivity contribution in [3.8, 4) is 16.9 Å². The largest absolute Gasteiger partial charge is 0.527 e. The average Bonchev–Trinajstić information content (AvgIpc) is 2.71. The number of ether oxygens (including phenoxy) is 2. The molecular formula is C24H16F10O2. The van der Waals surface area contributed by atoms with Crippen LogP contribution in [0.1, 0.15) is 30.0 Å². The maximum atomic E-state index is 14.6. The normalized spacial score (nSPS) is 12.6. The van der Waals surface area contributed by atoms with Crippen molar-refractivity contribution in [2.24, 2.45) is 0 Å². The van der Waals surface area contributed by atoms with Gasteiger partial charge in [-0.1, -0.05) is 43.7 Å². The summed E-state index contributed by atoms with van der Waals surface area (Å²) in [7, 11) is 0. The van der Waals surface area contributed by atoms with Crippen LogP contribution in [0.5, 0.6) is 5.75 Å². The van der Waals surface area contributed by atoms with Gasteiger partial charge in [0, 0.05) is 12.1 Å². The molecule has 0 fully saturated rings. The highest BCUT2D eigenvalue weighted by atomic mass is 19.4. The Hall–Kier alpha value is -3.28. The molecule has 0 spiro atoms. The average molecular weight is 526 g/mol. The second kappa shape index (κ2) is 10.00. The monoisotopic (exact) mass is 526 g/mol. The van der Waals surface area contributed by atoms with E-state index in [1.165, 1.54) is 0 Å². The standard InChI is InChI=1S/C24H16F10O2/c1-2-3-13-4-6-14(7-5-13)15-8-9-17(18(25)10-15)22(28,29)35-16-11-19(26)21(20(27)12-16)23(30,31)36-24(32,33)34/h4-12H,2-3H2,1H3. The lowest BCUT2D eigenvalue weighted by Crippen LogP contribution is -2.30. The van der Waals surface area contributed by atoms with Crippen LogP contribution in [0.25, 0.3) is 11.1 Å². The summed E-state index contributed by atoms with van der Waals surface area (Å²) < 4.78 is 142. The van der Waals surface area contributed by atoms with Gasteiger partial charge in [-0.15, -0.1) is 13.2 Å². The van der Waals surface area contributed by atoms with Crippen LogP contribution in [0.15, 0.2) is 54.6 Å². The van der Waals surface area contributed by atoms with E-state index in [0.29, 0.717) is 11.6 Å². The minimum absolute atomic E-state index is 0.204. The predicted molar refractivity (Wildman–Crippen MR) is 108 cm³/mol. The maximum absolute atomic E-state index is 14.6. The van der Waals surface area contributed by atoms with E-state index in [-0.39, 0.29) is 17.7 Å². The third kappa shape index (κ3) is 6.28. The highest BCUT2D eigenvalue weighted by Crippen LogP contribution is 2.41. The van der Waals surface area contributed by atoms with Gasteiger partial charge in [-0.25, -0.2) is 17.9 Å². The topological polar surface area (TPSA) is 18.5 Å². The molecule has 36 heavy (non-hydrogen) atoms. The number of alkyl halides is 7. The summed E-state index contributed by atoms with van der Waals surface area (Å²) in [5.41, 5.74) is -2.04. The Morgan fingerprint density at radius 1 is 0.667 bits per heavy atom. The fraction of sp³-hybridized carbons (Fsp3) is 0.250. The Labute approximate surface area is 198 Å². The van der Waals surface area contributed by atoms with E-state index < -0.39 is 52.9 Å². The molecule has 0 aromatic heterocycles. The van der Waals surface area contributed by atoms with Crippen molar-refractivity contribution in [1.82, 2.24) is 0 Å². The van der Waals surface area contributed by atoms with Crippen LogP contribution in [0, 0.1) is 17.5 Å². The summed E-state index contributed by atoms with van der Waals surface area (Å²) in [4.78, 5) is 0. The van der Waals surface area contributed by atoms with Crippen molar-refractivity contribution < 1.29 is 53.4 Å². The van der Waals surface area contributed by atoms with Gasteiger partial charge in [0.05, 0.1) is 5.56 Å². The Morgan fingerprint density at radius 2 is 1.22 bits per heavy atom. The van der Waals surface area contributed by atoms with Gasteiger partial charge in [-0.2, -0.15) is 17.6 Å². The zero-order valence-corrected chi connectivity index (χ0v) is 18.2. The fourth-order valence-corrected chi connectivity index (χ4v) is 3.37. The Bertz CT molecular complexity index is 1200. The Balaban J connectivity index is 1.86. The molecule has 0 amide bonds. The van der Waals surface area contributed by atoms with Crippen LogP contribution in [-0.4, -0.2) is 6.36 Å². The van der Waals surface area contributed by atoms with Gasteiger partial charge in [0.2, 0.25) is 0 Å². The molecule has 0 bridgehead atoms. The molecule has 0 N–H and O–H groups in total. The minimum atomic E-state index is -5.97. The van der Waals surface area contributed by atoms with Crippen molar-refractivity contribution in [2.45, 2.75) is 38.3 Å². The van der Waals surface area contributed by atoms with Crippen LogP contribution in [0.2, 0.25) is 0 Å². The van der Waals surface area contributed by atoms with Gasteiger partial charge in [-0.3, -0.25) is 0 Å². The molecule has 0 aliphatic heterocycles. The van der Waals surface area contributed by atoms with Crippen LogP contribution in [-0.2, 0) is 23.4 Å². The molecule has 0 aliphatic carbocycles. The first kappa shape index (κ1) is 27.3. The first-order valence-corrected chi connectivity index (χ1v) is 10.2. The van der Waals surface area contributed by atoms with Gasteiger partial charge >= 0.3 is 18.6 Å². The molecule has 2 nitrogen and oxygen atoms in total. The van der Waals surface area contributed by atoms with E-state index in [1.807, 2.05) is 6.92 Å². The van der Waals surface area contributed by atoms with Gasteiger partial charge in [0.1, 0.15) is 28.8 Å². The summed E-state index contributed by atoms with van der Waals surface area (Å²) in [5.74, 6) is -7.57. The predicted octanol–water partition coefficient (Wildman–Crippen LogP) is 8.44. The molecule has 12 heteroatoms. The Kier molecular flexibility index (Phi) is 7.58. The maximum Gasteiger partial charge on any atom is 0.527 e. The molecule has 3 rings (SSSR count). The number of hydrogen-bond acceptors (Lipinski definition) is 2. The zero-order chi connectivity index (χ0) is 26.9. The number of hydrogen-bond donors (Lipinski definition) is 0. The van der Waals surface area contributed by atoms with Crippen molar-refractivity contribution >= 4 is 0 Å². The van der Waals surface area contributed by atoms with Gasteiger partial charge in [0.15, 0.2) is 0 Å². The number of aryl methyl sites for hydroxylation is 1. The highest BCUT2D eigenvalue weighted by Gasteiger charge is 2.50. The van der Waals surface area contributed by atoms with Crippen molar-refractivity contribution in [2.75, 3.05) is 0 Å². The molecule has 3 aromatic rings. The molecule has 3 aromatic carbocycles. The SMILES string of the molecule is CCCc1ccc(-c2ccc(C(F)(F)Oc3cc(F)c(C(F)(F)OC(F)(F)F)c(F)c3)c(F)c2)cc1. The van der Waals surface area contributed by atoms with Crippen molar-refractivity contribution in [1.29, 1.82) is 0 Å². The molecule has 0 heterocycles. The van der Waals surface area contributed by atoms with E-state index >= 15 is 0 Å². The van der Waals surface area contributed by atoms with E-state index in [4.69, 9.17) is 0 Å². The third-order valence-corrected chi connectivity index (χ3v) is 4.91. The van der Waals surface area contributed by atoms with E-state index in [1.54, 1.807) is 24.3 Å². The third-order valence-electron chi connectivity index (χ3n) is 4.91. The highest BCUT2D eigenvalue weighted by molar-refractivity contribution is 5.64. The quantitative estimate of drug-likeness (QED) is 0.274. The molecule has 0 saturated heterocycles. The second-order valence-electron chi connectivity index (χ2n) is 7.59. The molecular weight excluding hydrogens is 510 g/mol. The molecule has 0 atom stereocenters. The summed E-state index contributed by atoms with van der Waals surface area (Å²) in [6, 6.07) is 9.09. The van der Waals surface area contributed by atoms with Crippen LogP contribution in [0.3, 0.4) is 0 Å².